The van der Waals surface area contributed by atoms with Crippen LogP contribution < -0.4 is 5.73 Å². The third kappa shape index (κ3) is 9.84. The van der Waals surface area contributed by atoms with Crippen molar-refractivity contribution >= 4 is 0 Å². The van der Waals surface area contributed by atoms with Gasteiger partial charge in [-0.3, -0.25) is 0 Å². The van der Waals surface area contributed by atoms with Gasteiger partial charge in [0.2, 0.25) is 0 Å². The fourth-order valence-electron chi connectivity index (χ4n) is 0.565. The molecule has 0 bridgehead atoms. The molecular formula is C7H17NO3. The lowest BCUT2D eigenvalue weighted by atomic mass is 10.7. The Bertz CT molecular complexity index is 62.7. The van der Waals surface area contributed by atoms with Crippen LogP contribution in [0.1, 0.15) is 6.92 Å². The van der Waals surface area contributed by atoms with Gasteiger partial charge < -0.3 is 19.9 Å². The molecule has 0 amide bonds. The Balaban J connectivity index is 2.69. The molecule has 0 unspecified atom stereocenters. The molecule has 11 heavy (non-hydrogen) atoms. The molecule has 0 spiro atoms. The van der Waals surface area contributed by atoms with Crippen LogP contribution >= 0.6 is 0 Å². The van der Waals surface area contributed by atoms with Gasteiger partial charge in [0.1, 0.15) is 0 Å². The lowest BCUT2D eigenvalue weighted by Gasteiger charge is -2.03. The summed E-state index contributed by atoms with van der Waals surface area (Å²) in [4.78, 5) is 0. The van der Waals surface area contributed by atoms with E-state index in [4.69, 9.17) is 19.9 Å². The summed E-state index contributed by atoms with van der Waals surface area (Å²) in [7, 11) is 0. The van der Waals surface area contributed by atoms with Gasteiger partial charge in [0, 0.05) is 6.61 Å². The molecule has 0 heterocycles. The fourth-order valence-corrected chi connectivity index (χ4v) is 0.565. The third-order valence-electron chi connectivity index (χ3n) is 1.07. The van der Waals surface area contributed by atoms with E-state index in [1.54, 1.807) is 0 Å². The first-order valence-corrected chi connectivity index (χ1v) is 3.85. The van der Waals surface area contributed by atoms with E-state index in [0.717, 1.165) is 6.61 Å². The zero-order valence-electron chi connectivity index (χ0n) is 7.04. The van der Waals surface area contributed by atoms with Gasteiger partial charge in [-0.25, -0.2) is 0 Å². The molecule has 0 aromatic rings. The molecular weight excluding hydrogens is 146 g/mol. The minimum absolute atomic E-state index is 0.259. The van der Waals surface area contributed by atoms with Crippen molar-refractivity contribution in [2.75, 3.05) is 39.8 Å². The Morgan fingerprint density at radius 1 is 0.909 bits per heavy atom. The maximum Gasteiger partial charge on any atom is 0.0941 e. The van der Waals surface area contributed by atoms with Crippen molar-refractivity contribution < 1.29 is 14.2 Å². The topological polar surface area (TPSA) is 53.7 Å². The standard InChI is InChI=1S/C7H17NO3/c1-2-9-3-4-10-5-6-11-7-8/h2-8H2,1H3. The first kappa shape index (κ1) is 10.8. The Morgan fingerprint density at radius 3 is 2.00 bits per heavy atom. The van der Waals surface area contributed by atoms with Crippen LogP contribution in [0.3, 0.4) is 0 Å². The molecule has 0 saturated carbocycles. The Labute approximate surface area is 67.6 Å². The molecule has 0 radical (unpaired) electrons. The van der Waals surface area contributed by atoms with Crippen LogP contribution in [0.4, 0.5) is 0 Å². The fraction of sp³-hybridized carbons (Fsp3) is 1.00. The van der Waals surface area contributed by atoms with Crippen molar-refractivity contribution in [1.82, 2.24) is 0 Å². The number of nitrogens with two attached hydrogens (primary N) is 1. The molecule has 0 aliphatic rings. The average Bonchev–Trinajstić information content (AvgIpc) is 2.03. The van der Waals surface area contributed by atoms with E-state index >= 15 is 0 Å². The Kier molecular flexibility index (Phi) is 9.70. The molecule has 0 aromatic carbocycles. The highest BCUT2D eigenvalue weighted by molar-refractivity contribution is 4.30. The molecule has 0 atom stereocenters. The first-order valence-electron chi connectivity index (χ1n) is 3.85. The quantitative estimate of drug-likeness (QED) is 0.403. The van der Waals surface area contributed by atoms with Crippen molar-refractivity contribution in [3.05, 3.63) is 0 Å². The van der Waals surface area contributed by atoms with E-state index in [9.17, 15) is 0 Å². The lowest BCUT2D eigenvalue weighted by molar-refractivity contribution is 0.0182. The van der Waals surface area contributed by atoms with Gasteiger partial charge in [-0.1, -0.05) is 0 Å². The van der Waals surface area contributed by atoms with Crippen LogP contribution in [-0.2, 0) is 14.2 Å². The molecule has 2 N–H and O–H groups in total. The van der Waals surface area contributed by atoms with E-state index in [1.165, 1.54) is 0 Å². The van der Waals surface area contributed by atoms with Gasteiger partial charge in [0.05, 0.1) is 33.2 Å². The van der Waals surface area contributed by atoms with E-state index in [1.807, 2.05) is 6.92 Å². The maximum absolute atomic E-state index is 5.13. The molecule has 0 saturated heterocycles. The number of hydrogen-bond donors (Lipinski definition) is 1. The summed E-state index contributed by atoms with van der Waals surface area (Å²) in [5, 5.41) is 0. The van der Waals surface area contributed by atoms with Crippen LogP contribution in [0, 0.1) is 0 Å². The van der Waals surface area contributed by atoms with Gasteiger partial charge >= 0.3 is 0 Å². The number of ether oxygens (including phenoxy) is 3. The average molecular weight is 163 g/mol. The second kappa shape index (κ2) is 9.84. The highest BCUT2D eigenvalue weighted by Gasteiger charge is 1.87. The van der Waals surface area contributed by atoms with Crippen LogP contribution in [0.5, 0.6) is 0 Å². The summed E-state index contributed by atoms with van der Waals surface area (Å²) in [5.41, 5.74) is 5.09. The second-order valence-corrected chi connectivity index (χ2v) is 1.88. The van der Waals surface area contributed by atoms with Crippen molar-refractivity contribution in [3.63, 3.8) is 0 Å². The predicted octanol–water partition coefficient (Wildman–Crippen LogP) is -0.0277. The predicted molar refractivity (Wildman–Crippen MR) is 42.3 cm³/mol. The zero-order valence-corrected chi connectivity index (χ0v) is 7.04. The van der Waals surface area contributed by atoms with E-state index < -0.39 is 0 Å². The van der Waals surface area contributed by atoms with Crippen LogP contribution in [0.25, 0.3) is 0 Å². The number of hydrogen-bond acceptors (Lipinski definition) is 4. The minimum Gasteiger partial charge on any atom is -0.379 e. The number of rotatable bonds is 8. The molecule has 0 rings (SSSR count). The van der Waals surface area contributed by atoms with Crippen molar-refractivity contribution in [3.8, 4) is 0 Å². The first-order chi connectivity index (χ1) is 5.41. The lowest BCUT2D eigenvalue weighted by Crippen LogP contribution is -2.12. The summed E-state index contributed by atoms with van der Waals surface area (Å²) >= 11 is 0. The second-order valence-electron chi connectivity index (χ2n) is 1.88. The minimum atomic E-state index is 0.259. The normalized spacial score (nSPS) is 10.4. The maximum atomic E-state index is 5.13. The SMILES string of the molecule is CCOCCOCCOCN. The summed E-state index contributed by atoms with van der Waals surface area (Å²) in [6.07, 6.45) is 0. The monoisotopic (exact) mass is 163 g/mol. The molecule has 0 aliphatic carbocycles. The van der Waals surface area contributed by atoms with E-state index in [0.29, 0.717) is 26.4 Å². The summed E-state index contributed by atoms with van der Waals surface area (Å²) in [5.74, 6) is 0. The van der Waals surface area contributed by atoms with E-state index in [2.05, 4.69) is 0 Å². The van der Waals surface area contributed by atoms with E-state index in [-0.39, 0.29) is 6.73 Å². The Hall–Kier alpha value is -0.160. The van der Waals surface area contributed by atoms with Gasteiger partial charge in [-0.2, -0.15) is 0 Å². The van der Waals surface area contributed by atoms with Crippen molar-refractivity contribution in [1.29, 1.82) is 0 Å². The summed E-state index contributed by atoms with van der Waals surface area (Å²) in [6.45, 7) is 5.38. The molecule has 68 valence electrons. The molecule has 4 nitrogen and oxygen atoms in total. The van der Waals surface area contributed by atoms with Crippen molar-refractivity contribution in [2.45, 2.75) is 6.92 Å². The molecule has 4 heteroatoms. The molecule has 0 aromatic heterocycles. The third-order valence-corrected chi connectivity index (χ3v) is 1.07. The van der Waals surface area contributed by atoms with Gasteiger partial charge in [-0.05, 0) is 6.92 Å². The van der Waals surface area contributed by atoms with Crippen LogP contribution in [0.2, 0.25) is 0 Å². The van der Waals surface area contributed by atoms with Gasteiger partial charge in [-0.15, -0.1) is 0 Å². The molecule has 0 aliphatic heterocycles. The molecule has 0 fully saturated rings. The van der Waals surface area contributed by atoms with Crippen LogP contribution in [-0.4, -0.2) is 39.8 Å². The smallest absolute Gasteiger partial charge is 0.0941 e. The Morgan fingerprint density at radius 2 is 1.45 bits per heavy atom. The summed E-state index contributed by atoms with van der Waals surface area (Å²) in [6, 6.07) is 0. The van der Waals surface area contributed by atoms with Crippen LogP contribution in [0.15, 0.2) is 0 Å². The van der Waals surface area contributed by atoms with Gasteiger partial charge in [0.25, 0.3) is 0 Å². The highest BCUT2D eigenvalue weighted by Crippen LogP contribution is 1.78. The van der Waals surface area contributed by atoms with Crippen molar-refractivity contribution in [2.24, 2.45) is 5.73 Å². The summed E-state index contributed by atoms with van der Waals surface area (Å²) < 4.78 is 15.0. The largest absolute Gasteiger partial charge is 0.379 e. The van der Waals surface area contributed by atoms with Gasteiger partial charge in [0.15, 0.2) is 0 Å². The zero-order chi connectivity index (χ0) is 8.36. The highest BCUT2D eigenvalue weighted by atomic mass is 16.5.